The Balaban J connectivity index is 2.44. The molecule has 1 aliphatic heterocycles. The van der Waals surface area contributed by atoms with Crippen LogP contribution < -0.4 is 16.0 Å². The lowest BCUT2D eigenvalue weighted by Crippen LogP contribution is -2.31. The van der Waals surface area contributed by atoms with Gasteiger partial charge in [-0.1, -0.05) is 0 Å². The van der Waals surface area contributed by atoms with Crippen LogP contribution in [-0.4, -0.2) is 22.5 Å². The minimum Gasteiger partial charge on any atom is -0.396 e. The SMILES string of the molecule is Nc1cccnc1N1C(=O)CNC1=S. The van der Waals surface area contributed by atoms with Gasteiger partial charge in [0.15, 0.2) is 10.9 Å². The lowest BCUT2D eigenvalue weighted by molar-refractivity contribution is -0.115. The van der Waals surface area contributed by atoms with E-state index in [1.807, 2.05) is 0 Å². The van der Waals surface area contributed by atoms with Crippen LogP contribution in [0.3, 0.4) is 0 Å². The molecule has 14 heavy (non-hydrogen) atoms. The Morgan fingerprint density at radius 2 is 2.43 bits per heavy atom. The van der Waals surface area contributed by atoms with Crippen molar-refractivity contribution >= 4 is 34.7 Å². The monoisotopic (exact) mass is 208 g/mol. The number of nitrogens with two attached hydrogens (primary N) is 1. The van der Waals surface area contributed by atoms with Crippen LogP contribution >= 0.6 is 12.2 Å². The standard InChI is InChI=1S/C8H8N4OS/c9-5-2-1-3-10-7(5)12-6(13)4-11-8(12)14/h1-3H,4,9H2,(H,11,14). The first-order valence-corrected chi connectivity index (χ1v) is 4.42. The van der Waals surface area contributed by atoms with Crippen molar-refractivity contribution in [1.29, 1.82) is 0 Å². The van der Waals surface area contributed by atoms with Crippen molar-refractivity contribution in [3.63, 3.8) is 0 Å². The van der Waals surface area contributed by atoms with E-state index in [1.165, 1.54) is 4.90 Å². The van der Waals surface area contributed by atoms with Gasteiger partial charge < -0.3 is 11.1 Å². The smallest absolute Gasteiger partial charge is 0.253 e. The van der Waals surface area contributed by atoms with E-state index in [2.05, 4.69) is 10.3 Å². The summed E-state index contributed by atoms with van der Waals surface area (Å²) >= 11 is 4.96. The quantitative estimate of drug-likeness (QED) is 0.630. The summed E-state index contributed by atoms with van der Waals surface area (Å²) in [7, 11) is 0. The van der Waals surface area contributed by atoms with E-state index in [-0.39, 0.29) is 12.5 Å². The van der Waals surface area contributed by atoms with Crippen molar-refractivity contribution in [2.24, 2.45) is 0 Å². The molecular formula is C8H8N4OS. The van der Waals surface area contributed by atoms with Gasteiger partial charge in [0.2, 0.25) is 0 Å². The Morgan fingerprint density at radius 3 is 3.00 bits per heavy atom. The summed E-state index contributed by atoms with van der Waals surface area (Å²) < 4.78 is 0. The van der Waals surface area contributed by atoms with Crippen molar-refractivity contribution in [3.8, 4) is 0 Å². The molecule has 0 spiro atoms. The van der Waals surface area contributed by atoms with Crippen LogP contribution in [0.2, 0.25) is 0 Å². The number of aromatic nitrogens is 1. The number of rotatable bonds is 1. The highest BCUT2D eigenvalue weighted by Crippen LogP contribution is 2.21. The third-order valence-corrected chi connectivity index (χ3v) is 2.20. The van der Waals surface area contributed by atoms with Gasteiger partial charge in [0.05, 0.1) is 12.2 Å². The molecule has 0 radical (unpaired) electrons. The normalized spacial score (nSPS) is 15.9. The molecule has 72 valence electrons. The van der Waals surface area contributed by atoms with Gasteiger partial charge >= 0.3 is 0 Å². The maximum Gasteiger partial charge on any atom is 0.253 e. The summed E-state index contributed by atoms with van der Waals surface area (Å²) in [5, 5.41) is 3.10. The van der Waals surface area contributed by atoms with Gasteiger partial charge in [-0.05, 0) is 24.4 Å². The molecule has 5 nitrogen and oxygen atoms in total. The highest BCUT2D eigenvalue weighted by atomic mass is 32.1. The molecule has 2 heterocycles. The van der Waals surface area contributed by atoms with Crippen LogP contribution in [0.15, 0.2) is 18.3 Å². The van der Waals surface area contributed by atoms with E-state index in [0.29, 0.717) is 16.6 Å². The number of carbonyl (C=O) groups is 1. The van der Waals surface area contributed by atoms with E-state index in [9.17, 15) is 4.79 Å². The summed E-state index contributed by atoms with van der Waals surface area (Å²) in [4.78, 5) is 16.7. The number of nitrogens with zero attached hydrogens (tertiary/aromatic N) is 2. The largest absolute Gasteiger partial charge is 0.396 e. The molecule has 1 aromatic rings. The predicted molar refractivity (Wildman–Crippen MR) is 56.7 cm³/mol. The van der Waals surface area contributed by atoms with E-state index in [1.54, 1.807) is 18.3 Å². The summed E-state index contributed by atoms with van der Waals surface area (Å²) in [6.07, 6.45) is 1.57. The zero-order valence-electron chi connectivity index (χ0n) is 7.23. The molecule has 2 rings (SSSR count). The number of carbonyl (C=O) groups excluding carboxylic acids is 1. The number of hydrogen-bond donors (Lipinski definition) is 2. The average Bonchev–Trinajstić information content (AvgIpc) is 2.48. The zero-order chi connectivity index (χ0) is 10.1. The first-order valence-electron chi connectivity index (χ1n) is 4.01. The van der Waals surface area contributed by atoms with Gasteiger partial charge in [-0.25, -0.2) is 9.88 Å². The molecule has 1 aromatic heterocycles. The molecule has 3 N–H and O–H groups in total. The molecule has 6 heteroatoms. The molecule has 0 saturated carbocycles. The van der Waals surface area contributed by atoms with Crippen LogP contribution in [-0.2, 0) is 4.79 Å². The number of pyridine rings is 1. The Kier molecular flexibility index (Phi) is 2.05. The number of anilines is 2. The van der Waals surface area contributed by atoms with Gasteiger partial charge in [-0.3, -0.25) is 4.79 Å². The van der Waals surface area contributed by atoms with E-state index >= 15 is 0 Å². The highest BCUT2D eigenvalue weighted by molar-refractivity contribution is 7.80. The molecule has 0 unspecified atom stereocenters. The number of nitrogens with one attached hydrogen (secondary N) is 1. The van der Waals surface area contributed by atoms with Gasteiger partial charge in [-0.15, -0.1) is 0 Å². The molecule has 0 atom stereocenters. The molecule has 0 aromatic carbocycles. The van der Waals surface area contributed by atoms with Crippen molar-refractivity contribution in [1.82, 2.24) is 10.3 Å². The fraction of sp³-hybridized carbons (Fsp3) is 0.125. The minimum absolute atomic E-state index is 0.139. The first kappa shape index (κ1) is 8.89. The maximum absolute atomic E-state index is 11.4. The Hall–Kier alpha value is -1.69. The third-order valence-electron chi connectivity index (χ3n) is 1.87. The van der Waals surface area contributed by atoms with Crippen LogP contribution in [0.5, 0.6) is 0 Å². The van der Waals surface area contributed by atoms with E-state index in [0.717, 1.165) is 0 Å². The Labute approximate surface area is 85.9 Å². The summed E-state index contributed by atoms with van der Waals surface area (Å²) in [5.74, 6) is 0.257. The molecular weight excluding hydrogens is 200 g/mol. The van der Waals surface area contributed by atoms with Crippen molar-refractivity contribution < 1.29 is 4.79 Å². The molecule has 0 aliphatic carbocycles. The maximum atomic E-state index is 11.4. The molecule has 1 aliphatic rings. The van der Waals surface area contributed by atoms with Crippen molar-refractivity contribution in [2.75, 3.05) is 17.2 Å². The van der Waals surface area contributed by atoms with Crippen LogP contribution in [0.4, 0.5) is 11.5 Å². The third kappa shape index (κ3) is 1.29. The van der Waals surface area contributed by atoms with Crippen LogP contribution in [0, 0.1) is 0 Å². The Bertz CT molecular complexity index is 390. The fourth-order valence-electron chi connectivity index (χ4n) is 1.23. The highest BCUT2D eigenvalue weighted by Gasteiger charge is 2.28. The van der Waals surface area contributed by atoms with Gasteiger partial charge in [-0.2, -0.15) is 0 Å². The zero-order valence-corrected chi connectivity index (χ0v) is 8.04. The molecule has 1 amide bonds. The first-order chi connectivity index (χ1) is 6.70. The van der Waals surface area contributed by atoms with Crippen molar-refractivity contribution in [2.45, 2.75) is 0 Å². The fourth-order valence-corrected chi connectivity index (χ4v) is 1.49. The molecule has 0 bridgehead atoms. The van der Waals surface area contributed by atoms with Crippen molar-refractivity contribution in [3.05, 3.63) is 18.3 Å². The van der Waals surface area contributed by atoms with Gasteiger partial charge in [0.1, 0.15) is 0 Å². The Morgan fingerprint density at radius 1 is 1.64 bits per heavy atom. The average molecular weight is 208 g/mol. The van der Waals surface area contributed by atoms with Crippen LogP contribution in [0.1, 0.15) is 0 Å². The number of nitrogen functional groups attached to an aromatic ring is 1. The lowest BCUT2D eigenvalue weighted by atomic mass is 10.3. The minimum atomic E-state index is -0.139. The molecule has 1 saturated heterocycles. The van der Waals surface area contributed by atoms with Gasteiger partial charge in [0.25, 0.3) is 5.91 Å². The number of thiocarbonyl (C=S) groups is 1. The lowest BCUT2D eigenvalue weighted by Gasteiger charge is -2.14. The summed E-state index contributed by atoms with van der Waals surface area (Å²) in [6, 6.07) is 3.38. The summed E-state index contributed by atoms with van der Waals surface area (Å²) in [5.41, 5.74) is 6.12. The predicted octanol–water partition coefficient (Wildman–Crippen LogP) is -0.115. The number of amides is 1. The second-order valence-corrected chi connectivity index (χ2v) is 3.19. The second-order valence-electron chi connectivity index (χ2n) is 2.80. The summed E-state index contributed by atoms with van der Waals surface area (Å²) in [6.45, 7) is 0.203. The van der Waals surface area contributed by atoms with E-state index < -0.39 is 0 Å². The topological polar surface area (TPSA) is 71.2 Å². The number of hydrogen-bond acceptors (Lipinski definition) is 4. The van der Waals surface area contributed by atoms with E-state index in [4.69, 9.17) is 18.0 Å². The molecule has 1 fully saturated rings. The van der Waals surface area contributed by atoms with Gasteiger partial charge in [0, 0.05) is 6.20 Å². The second kappa shape index (κ2) is 3.22. The van der Waals surface area contributed by atoms with Crippen LogP contribution in [0.25, 0.3) is 0 Å².